The van der Waals surface area contributed by atoms with Gasteiger partial charge in [-0.3, -0.25) is 0 Å². The van der Waals surface area contributed by atoms with Crippen LogP contribution in [0.1, 0.15) is 63.8 Å². The molecule has 0 spiro atoms. The van der Waals surface area contributed by atoms with Gasteiger partial charge in [-0.05, 0) is 79.6 Å². The molecule has 0 fully saturated rings. The van der Waals surface area contributed by atoms with Gasteiger partial charge in [0.1, 0.15) is 11.5 Å². The predicted octanol–water partition coefficient (Wildman–Crippen LogP) is 9.55. The van der Waals surface area contributed by atoms with Crippen LogP contribution in [0.2, 0.25) is 0 Å². The highest BCUT2D eigenvalue weighted by Crippen LogP contribution is 2.36. The Kier molecular flexibility index (Phi) is 10.5. The first kappa shape index (κ1) is 31.3. The van der Waals surface area contributed by atoms with Crippen LogP contribution < -0.4 is 9.47 Å². The number of halogens is 1. The molecular formula is C36H43ClO3. The highest BCUT2D eigenvalue weighted by atomic mass is 35.5. The van der Waals surface area contributed by atoms with Crippen LogP contribution >= 0.6 is 11.6 Å². The molecule has 4 aromatic carbocycles. The number of ether oxygens (including phenoxy) is 2. The first-order valence-corrected chi connectivity index (χ1v) is 14.2. The molecule has 4 heteroatoms. The van der Waals surface area contributed by atoms with Gasteiger partial charge in [0.25, 0.3) is 0 Å². The average molecular weight is 559 g/mol. The predicted molar refractivity (Wildman–Crippen MR) is 170 cm³/mol. The molecule has 0 atom stereocenters. The first-order valence-electron chi connectivity index (χ1n) is 13.6. The lowest BCUT2D eigenvalue weighted by Crippen LogP contribution is -2.13. The van der Waals surface area contributed by atoms with E-state index >= 15 is 0 Å². The Morgan fingerprint density at radius 1 is 0.600 bits per heavy atom. The summed E-state index contributed by atoms with van der Waals surface area (Å²) in [5.41, 5.74) is 9.48. The summed E-state index contributed by atoms with van der Waals surface area (Å²) in [5.74, 6) is 2.28. The van der Waals surface area contributed by atoms with E-state index in [9.17, 15) is 5.11 Å². The zero-order valence-electron chi connectivity index (χ0n) is 25.1. The van der Waals surface area contributed by atoms with E-state index in [0.29, 0.717) is 5.88 Å². The van der Waals surface area contributed by atoms with Crippen molar-refractivity contribution in [1.29, 1.82) is 0 Å². The van der Waals surface area contributed by atoms with E-state index in [1.54, 1.807) is 14.2 Å². The van der Waals surface area contributed by atoms with Crippen LogP contribution in [-0.2, 0) is 23.3 Å². The van der Waals surface area contributed by atoms with Crippen molar-refractivity contribution in [3.63, 3.8) is 0 Å². The van der Waals surface area contributed by atoms with Gasteiger partial charge in [0.15, 0.2) is 0 Å². The Bertz CT molecular complexity index is 1300. The van der Waals surface area contributed by atoms with Crippen molar-refractivity contribution in [3.05, 3.63) is 107 Å². The smallest absolute Gasteiger partial charge is 0.119 e. The molecule has 4 aromatic rings. The monoisotopic (exact) mass is 558 g/mol. The van der Waals surface area contributed by atoms with Crippen molar-refractivity contribution in [3.8, 4) is 33.8 Å². The lowest BCUT2D eigenvalue weighted by molar-refractivity contribution is 0.281. The summed E-state index contributed by atoms with van der Waals surface area (Å²) < 4.78 is 10.6. The van der Waals surface area contributed by atoms with E-state index in [1.807, 2.05) is 36.4 Å². The molecule has 1 N–H and O–H groups in total. The Morgan fingerprint density at radius 2 is 1.02 bits per heavy atom. The van der Waals surface area contributed by atoms with Gasteiger partial charge in [0.2, 0.25) is 0 Å². The fourth-order valence-corrected chi connectivity index (χ4v) is 4.86. The van der Waals surface area contributed by atoms with Crippen LogP contribution in [0.4, 0.5) is 0 Å². The molecule has 0 aliphatic carbocycles. The summed E-state index contributed by atoms with van der Waals surface area (Å²) in [6.45, 7) is 13.3. The molecule has 0 amide bonds. The summed E-state index contributed by atoms with van der Waals surface area (Å²) in [4.78, 5) is 0. The Hall–Kier alpha value is -3.27. The highest BCUT2D eigenvalue weighted by molar-refractivity contribution is 6.17. The molecule has 0 heterocycles. The van der Waals surface area contributed by atoms with Crippen LogP contribution in [0.15, 0.2) is 84.9 Å². The van der Waals surface area contributed by atoms with Gasteiger partial charge in [-0.15, -0.1) is 11.6 Å². The Labute approximate surface area is 245 Å². The molecule has 3 nitrogen and oxygen atoms in total. The maximum atomic E-state index is 9.35. The van der Waals surface area contributed by atoms with Gasteiger partial charge in [-0.1, -0.05) is 102 Å². The van der Waals surface area contributed by atoms with Gasteiger partial charge < -0.3 is 14.6 Å². The highest BCUT2D eigenvalue weighted by Gasteiger charge is 2.20. The standard InChI is InChI=1S/C18H21ClO.C18H22O2/c2*1-18(2,3)17-10-13(12-19)8-9-16(17)14-6-5-7-15(11-14)20-4/h5-11H,12H2,1-4H3;5-11,19H,12H2,1-4H3. The van der Waals surface area contributed by atoms with Crippen molar-refractivity contribution in [2.24, 2.45) is 0 Å². The molecular weight excluding hydrogens is 516 g/mol. The lowest BCUT2D eigenvalue weighted by Gasteiger charge is -2.24. The quantitative estimate of drug-likeness (QED) is 0.239. The van der Waals surface area contributed by atoms with Crippen LogP contribution in [0.3, 0.4) is 0 Å². The largest absolute Gasteiger partial charge is 0.497 e. The number of hydrogen-bond acceptors (Lipinski definition) is 3. The Morgan fingerprint density at radius 3 is 1.40 bits per heavy atom. The first-order chi connectivity index (χ1) is 18.9. The lowest BCUT2D eigenvalue weighted by atomic mass is 9.81. The van der Waals surface area contributed by atoms with Gasteiger partial charge in [-0.2, -0.15) is 0 Å². The van der Waals surface area contributed by atoms with Gasteiger partial charge >= 0.3 is 0 Å². The van der Waals surface area contributed by atoms with E-state index in [0.717, 1.165) is 28.2 Å². The minimum atomic E-state index is 0.0175. The number of aliphatic hydroxyl groups is 1. The fourth-order valence-electron chi connectivity index (χ4n) is 4.69. The van der Waals surface area contributed by atoms with Crippen molar-refractivity contribution in [2.75, 3.05) is 14.2 Å². The number of methoxy groups -OCH3 is 2. The van der Waals surface area contributed by atoms with Crippen LogP contribution in [0.25, 0.3) is 22.3 Å². The SMILES string of the molecule is COc1cccc(-c2ccc(CCl)cc2C(C)(C)C)c1.COc1cccc(-c2ccc(CO)cc2C(C)(C)C)c1. The third-order valence-corrected chi connectivity index (χ3v) is 7.19. The van der Waals surface area contributed by atoms with Crippen LogP contribution in [0, 0.1) is 0 Å². The van der Waals surface area contributed by atoms with Crippen LogP contribution in [-0.4, -0.2) is 19.3 Å². The third-order valence-electron chi connectivity index (χ3n) is 6.88. The molecule has 0 aromatic heterocycles. The van der Waals surface area contributed by atoms with E-state index in [1.165, 1.54) is 27.8 Å². The topological polar surface area (TPSA) is 38.7 Å². The molecule has 4 rings (SSSR count). The number of rotatable bonds is 6. The molecule has 0 radical (unpaired) electrons. The molecule has 0 saturated heterocycles. The van der Waals surface area contributed by atoms with Crippen LogP contribution in [0.5, 0.6) is 11.5 Å². The summed E-state index contributed by atoms with van der Waals surface area (Å²) in [7, 11) is 3.37. The summed E-state index contributed by atoms with van der Waals surface area (Å²) in [6.07, 6.45) is 0. The van der Waals surface area contributed by atoms with E-state index in [2.05, 4.69) is 90.1 Å². The Balaban J connectivity index is 0.000000220. The molecule has 0 bridgehead atoms. The summed E-state index contributed by atoms with van der Waals surface area (Å²) >= 11 is 5.98. The van der Waals surface area contributed by atoms with E-state index in [-0.39, 0.29) is 17.4 Å². The average Bonchev–Trinajstić information content (AvgIpc) is 2.96. The number of alkyl halides is 1. The van der Waals surface area contributed by atoms with Crippen molar-refractivity contribution in [1.82, 2.24) is 0 Å². The second kappa shape index (κ2) is 13.4. The summed E-state index contributed by atoms with van der Waals surface area (Å²) in [5, 5.41) is 9.35. The molecule has 0 unspecified atom stereocenters. The zero-order chi connectivity index (χ0) is 29.5. The zero-order valence-corrected chi connectivity index (χ0v) is 25.9. The maximum absolute atomic E-state index is 9.35. The number of benzene rings is 4. The van der Waals surface area contributed by atoms with Crippen molar-refractivity contribution >= 4 is 11.6 Å². The third kappa shape index (κ3) is 7.90. The molecule has 0 aliphatic rings. The van der Waals surface area contributed by atoms with Crippen molar-refractivity contribution < 1.29 is 14.6 Å². The van der Waals surface area contributed by atoms with Gasteiger partial charge in [0, 0.05) is 5.88 Å². The molecule has 212 valence electrons. The second-order valence-corrected chi connectivity index (χ2v) is 12.3. The van der Waals surface area contributed by atoms with Crippen molar-refractivity contribution in [2.45, 2.75) is 64.9 Å². The fraction of sp³-hybridized carbons (Fsp3) is 0.333. The van der Waals surface area contributed by atoms with E-state index < -0.39 is 0 Å². The minimum Gasteiger partial charge on any atom is -0.497 e. The molecule has 40 heavy (non-hydrogen) atoms. The summed E-state index contributed by atoms with van der Waals surface area (Å²) in [6, 6.07) is 28.9. The number of hydrogen-bond donors (Lipinski definition) is 1. The second-order valence-electron chi connectivity index (χ2n) is 12.0. The number of aliphatic hydroxyl groups excluding tert-OH is 1. The molecule has 0 aliphatic heterocycles. The maximum Gasteiger partial charge on any atom is 0.119 e. The van der Waals surface area contributed by atoms with Gasteiger partial charge in [0.05, 0.1) is 20.8 Å². The normalized spacial score (nSPS) is 11.4. The molecule has 0 saturated carbocycles. The minimum absolute atomic E-state index is 0.0175. The van der Waals surface area contributed by atoms with Gasteiger partial charge in [-0.25, -0.2) is 0 Å². The van der Waals surface area contributed by atoms with E-state index in [4.69, 9.17) is 21.1 Å².